The molecule has 0 saturated carbocycles. The maximum absolute atomic E-state index is 11.0. The Morgan fingerprint density at radius 2 is 2.25 bits per heavy atom. The van der Waals surface area contributed by atoms with Crippen LogP contribution in [0.3, 0.4) is 0 Å². The largest absolute Gasteiger partial charge is 0.480 e. The maximum Gasteiger partial charge on any atom is 0.407 e. The monoisotopic (exact) mass is 231 g/mol. The first-order valence-electron chi connectivity index (χ1n) is 5.23. The van der Waals surface area contributed by atoms with E-state index < -0.39 is 18.1 Å². The quantitative estimate of drug-likeness (QED) is 0.743. The molecule has 0 aromatic rings. The van der Waals surface area contributed by atoms with E-state index in [1.807, 2.05) is 6.92 Å². The summed E-state index contributed by atoms with van der Waals surface area (Å²) in [5.41, 5.74) is 0. The van der Waals surface area contributed by atoms with Crippen LogP contribution in [0.25, 0.3) is 0 Å². The van der Waals surface area contributed by atoms with Gasteiger partial charge in [0, 0.05) is 6.61 Å². The molecular formula is C10H17NO5. The fourth-order valence-electron chi connectivity index (χ4n) is 1.90. The number of alkyl carbamates (subject to hydrolysis) is 1. The summed E-state index contributed by atoms with van der Waals surface area (Å²) in [6.07, 6.45) is 0.568. The summed E-state index contributed by atoms with van der Waals surface area (Å²) < 4.78 is 9.74. The lowest BCUT2D eigenvalue weighted by molar-refractivity contribution is -0.142. The van der Waals surface area contributed by atoms with Crippen molar-refractivity contribution in [2.24, 2.45) is 5.92 Å². The maximum atomic E-state index is 11.0. The molecule has 0 radical (unpaired) electrons. The van der Waals surface area contributed by atoms with E-state index in [2.05, 4.69) is 10.1 Å². The Labute approximate surface area is 93.9 Å². The van der Waals surface area contributed by atoms with Gasteiger partial charge in [-0.3, -0.25) is 0 Å². The van der Waals surface area contributed by atoms with Crippen molar-refractivity contribution in [2.45, 2.75) is 31.9 Å². The molecule has 0 bridgehead atoms. The third-order valence-corrected chi connectivity index (χ3v) is 2.72. The smallest absolute Gasteiger partial charge is 0.407 e. The average Bonchev–Trinajstić information content (AvgIpc) is 2.25. The number of rotatable bonds is 3. The molecular weight excluding hydrogens is 214 g/mol. The van der Waals surface area contributed by atoms with Gasteiger partial charge in [0.2, 0.25) is 0 Å². The van der Waals surface area contributed by atoms with Gasteiger partial charge in [0.05, 0.1) is 13.2 Å². The van der Waals surface area contributed by atoms with Gasteiger partial charge < -0.3 is 19.9 Å². The van der Waals surface area contributed by atoms with Crippen LogP contribution in [-0.4, -0.2) is 43.0 Å². The van der Waals surface area contributed by atoms with Gasteiger partial charge >= 0.3 is 12.1 Å². The molecule has 92 valence electrons. The molecule has 3 unspecified atom stereocenters. The average molecular weight is 231 g/mol. The zero-order valence-electron chi connectivity index (χ0n) is 9.43. The number of methoxy groups -OCH3 is 1. The summed E-state index contributed by atoms with van der Waals surface area (Å²) in [7, 11) is 1.21. The standard InChI is InChI=1S/C10H17NO5/c1-6-5-7(3-4-16-6)8(9(12)13)11-10(14)15-2/h6-8H,3-5H2,1-2H3,(H,11,14)(H,12,13). The molecule has 2 N–H and O–H groups in total. The lowest BCUT2D eigenvalue weighted by Gasteiger charge is -2.31. The SMILES string of the molecule is COC(=O)NC(C(=O)O)C1CCOC(C)C1. The Hall–Kier alpha value is -1.30. The molecule has 3 atom stereocenters. The number of amides is 1. The zero-order chi connectivity index (χ0) is 12.1. The number of carboxylic acids is 1. The van der Waals surface area contributed by atoms with Gasteiger partial charge in [-0.25, -0.2) is 9.59 Å². The highest BCUT2D eigenvalue weighted by atomic mass is 16.5. The molecule has 0 aromatic carbocycles. The van der Waals surface area contributed by atoms with E-state index in [-0.39, 0.29) is 12.0 Å². The van der Waals surface area contributed by atoms with E-state index in [4.69, 9.17) is 9.84 Å². The van der Waals surface area contributed by atoms with E-state index in [0.29, 0.717) is 19.4 Å². The number of hydrogen-bond acceptors (Lipinski definition) is 4. The van der Waals surface area contributed by atoms with Crippen molar-refractivity contribution < 1.29 is 24.2 Å². The summed E-state index contributed by atoms with van der Waals surface area (Å²) in [6.45, 7) is 2.42. The molecule has 1 heterocycles. The Balaban J connectivity index is 2.61. The first kappa shape index (κ1) is 12.8. The van der Waals surface area contributed by atoms with Crippen LogP contribution >= 0.6 is 0 Å². The molecule has 1 aliphatic rings. The van der Waals surface area contributed by atoms with Crippen molar-refractivity contribution in [1.82, 2.24) is 5.32 Å². The van der Waals surface area contributed by atoms with E-state index >= 15 is 0 Å². The summed E-state index contributed by atoms with van der Waals surface area (Å²) in [5, 5.41) is 11.4. The fourth-order valence-corrected chi connectivity index (χ4v) is 1.90. The van der Waals surface area contributed by atoms with Crippen molar-refractivity contribution in [3.05, 3.63) is 0 Å². The zero-order valence-corrected chi connectivity index (χ0v) is 9.43. The van der Waals surface area contributed by atoms with Gasteiger partial charge in [-0.2, -0.15) is 0 Å². The molecule has 6 nitrogen and oxygen atoms in total. The van der Waals surface area contributed by atoms with Gasteiger partial charge in [0.25, 0.3) is 0 Å². The van der Waals surface area contributed by atoms with Crippen LogP contribution in [0.5, 0.6) is 0 Å². The minimum Gasteiger partial charge on any atom is -0.480 e. The van der Waals surface area contributed by atoms with Crippen molar-refractivity contribution in [3.63, 3.8) is 0 Å². The van der Waals surface area contributed by atoms with Crippen molar-refractivity contribution in [1.29, 1.82) is 0 Å². The summed E-state index contributed by atoms with van der Waals surface area (Å²) in [4.78, 5) is 22.1. The topological polar surface area (TPSA) is 84.9 Å². The minimum atomic E-state index is -1.04. The highest BCUT2D eigenvalue weighted by molar-refractivity contribution is 5.80. The summed E-state index contributed by atoms with van der Waals surface area (Å²) >= 11 is 0. The molecule has 1 fully saturated rings. The van der Waals surface area contributed by atoms with Gasteiger partial charge in [-0.05, 0) is 25.7 Å². The second-order valence-electron chi connectivity index (χ2n) is 3.92. The van der Waals surface area contributed by atoms with E-state index in [0.717, 1.165) is 0 Å². The fraction of sp³-hybridized carbons (Fsp3) is 0.800. The first-order valence-corrected chi connectivity index (χ1v) is 5.23. The molecule has 0 spiro atoms. The minimum absolute atomic E-state index is 0.0278. The Bertz CT molecular complexity index is 268. The normalized spacial score (nSPS) is 26.9. The van der Waals surface area contributed by atoms with Crippen LogP contribution in [0.2, 0.25) is 0 Å². The summed E-state index contributed by atoms with van der Waals surface area (Å²) in [6, 6.07) is -0.904. The first-order chi connectivity index (χ1) is 7.54. The lowest BCUT2D eigenvalue weighted by atomic mass is 9.89. The van der Waals surface area contributed by atoms with Crippen LogP contribution in [-0.2, 0) is 14.3 Å². The molecule has 1 saturated heterocycles. The van der Waals surface area contributed by atoms with Gasteiger partial charge in [-0.15, -0.1) is 0 Å². The molecule has 1 aliphatic heterocycles. The van der Waals surface area contributed by atoms with Crippen LogP contribution < -0.4 is 5.32 Å². The second kappa shape index (κ2) is 5.69. The van der Waals surface area contributed by atoms with Crippen LogP contribution in [0.1, 0.15) is 19.8 Å². The van der Waals surface area contributed by atoms with Gasteiger partial charge in [-0.1, -0.05) is 0 Å². The third kappa shape index (κ3) is 3.37. The van der Waals surface area contributed by atoms with Crippen molar-refractivity contribution in [3.8, 4) is 0 Å². The Kier molecular flexibility index (Phi) is 4.54. The molecule has 1 amide bonds. The van der Waals surface area contributed by atoms with E-state index in [1.54, 1.807) is 0 Å². The second-order valence-corrected chi connectivity index (χ2v) is 3.92. The predicted molar refractivity (Wildman–Crippen MR) is 55.1 cm³/mol. The number of ether oxygens (including phenoxy) is 2. The number of carbonyl (C=O) groups excluding carboxylic acids is 1. The van der Waals surface area contributed by atoms with Crippen LogP contribution in [0, 0.1) is 5.92 Å². The molecule has 1 rings (SSSR count). The number of carboxylic acid groups (broad SMARTS) is 1. The Morgan fingerprint density at radius 1 is 1.56 bits per heavy atom. The summed E-state index contributed by atoms with van der Waals surface area (Å²) in [5.74, 6) is -1.15. The van der Waals surface area contributed by atoms with Crippen LogP contribution in [0.4, 0.5) is 4.79 Å². The predicted octanol–water partition coefficient (Wildman–Crippen LogP) is 0.611. The third-order valence-electron chi connectivity index (χ3n) is 2.72. The van der Waals surface area contributed by atoms with Gasteiger partial charge in [0.1, 0.15) is 6.04 Å². The highest BCUT2D eigenvalue weighted by Gasteiger charge is 2.33. The van der Waals surface area contributed by atoms with Crippen molar-refractivity contribution >= 4 is 12.1 Å². The molecule has 16 heavy (non-hydrogen) atoms. The van der Waals surface area contributed by atoms with E-state index in [9.17, 15) is 9.59 Å². The van der Waals surface area contributed by atoms with Crippen molar-refractivity contribution in [2.75, 3.05) is 13.7 Å². The molecule has 0 aromatic heterocycles. The number of nitrogens with one attached hydrogen (secondary N) is 1. The van der Waals surface area contributed by atoms with Crippen LogP contribution in [0.15, 0.2) is 0 Å². The number of carbonyl (C=O) groups is 2. The van der Waals surface area contributed by atoms with E-state index in [1.165, 1.54) is 7.11 Å². The lowest BCUT2D eigenvalue weighted by Crippen LogP contribution is -2.48. The molecule has 6 heteroatoms. The number of hydrogen-bond donors (Lipinski definition) is 2. The highest BCUT2D eigenvalue weighted by Crippen LogP contribution is 2.23. The van der Waals surface area contributed by atoms with Gasteiger partial charge in [0.15, 0.2) is 0 Å². The molecule has 0 aliphatic carbocycles. The number of aliphatic carboxylic acids is 1. The Morgan fingerprint density at radius 3 is 2.75 bits per heavy atom.